The van der Waals surface area contributed by atoms with Crippen molar-refractivity contribution in [3.8, 4) is 0 Å². The number of carbonyl (C=O) groups excluding carboxylic acids is 1. The Kier molecular flexibility index (Phi) is 6.91. The summed E-state index contributed by atoms with van der Waals surface area (Å²) in [6, 6.07) is 23.4. The van der Waals surface area contributed by atoms with Crippen molar-refractivity contribution in [3.05, 3.63) is 89.4 Å². The van der Waals surface area contributed by atoms with Crippen LogP contribution in [0, 0.1) is 0 Å². The van der Waals surface area contributed by atoms with Crippen LogP contribution in [0.2, 0.25) is 5.02 Å². The fraction of sp³-hybridized carbons (Fsp3) is 0.240. The highest BCUT2D eigenvalue weighted by molar-refractivity contribution is 7.92. The molecule has 0 saturated carbocycles. The van der Waals surface area contributed by atoms with Gasteiger partial charge in [-0.15, -0.1) is 0 Å². The molecule has 0 aliphatic carbocycles. The smallest absolute Gasteiger partial charge is 0.264 e. The number of sulfonamides is 1. The monoisotopic (exact) mass is 483 g/mol. The third kappa shape index (κ3) is 5.31. The molecule has 6 nitrogen and oxygen atoms in total. The Morgan fingerprint density at radius 3 is 2.09 bits per heavy atom. The highest BCUT2D eigenvalue weighted by Gasteiger charge is 2.23. The summed E-state index contributed by atoms with van der Waals surface area (Å²) in [6.45, 7) is 2.99. The predicted octanol–water partition coefficient (Wildman–Crippen LogP) is 4.06. The number of nitrogens with zero attached hydrogens (tertiary/aromatic N) is 3. The van der Waals surface area contributed by atoms with Crippen molar-refractivity contribution in [1.29, 1.82) is 0 Å². The second-order valence-electron chi connectivity index (χ2n) is 7.97. The van der Waals surface area contributed by atoms with E-state index in [0.29, 0.717) is 30.2 Å². The zero-order valence-electron chi connectivity index (χ0n) is 18.4. The predicted molar refractivity (Wildman–Crippen MR) is 132 cm³/mol. The highest BCUT2D eigenvalue weighted by atomic mass is 35.5. The number of amides is 1. The molecule has 1 heterocycles. The molecule has 3 aromatic rings. The first-order valence-electron chi connectivity index (χ1n) is 10.8. The van der Waals surface area contributed by atoms with Gasteiger partial charge >= 0.3 is 0 Å². The van der Waals surface area contributed by atoms with E-state index in [-0.39, 0.29) is 10.8 Å². The zero-order chi connectivity index (χ0) is 23.4. The number of anilines is 2. The molecule has 0 spiro atoms. The van der Waals surface area contributed by atoms with Crippen molar-refractivity contribution in [3.63, 3.8) is 0 Å². The Labute approximate surface area is 200 Å². The molecule has 0 aromatic heterocycles. The molecule has 1 amide bonds. The summed E-state index contributed by atoms with van der Waals surface area (Å²) in [6.07, 6.45) is 0.291. The van der Waals surface area contributed by atoms with E-state index < -0.39 is 10.0 Å². The van der Waals surface area contributed by atoms with Gasteiger partial charge < -0.3 is 9.80 Å². The fourth-order valence-corrected chi connectivity index (χ4v) is 5.19. The van der Waals surface area contributed by atoms with Gasteiger partial charge in [0.15, 0.2) is 0 Å². The van der Waals surface area contributed by atoms with E-state index in [1.54, 1.807) is 36.4 Å². The van der Waals surface area contributed by atoms with Crippen molar-refractivity contribution in [2.75, 3.05) is 42.4 Å². The van der Waals surface area contributed by atoms with Gasteiger partial charge in [0.1, 0.15) is 0 Å². The molecule has 1 fully saturated rings. The zero-order valence-corrected chi connectivity index (χ0v) is 20.0. The lowest BCUT2D eigenvalue weighted by atomic mass is 10.1. The van der Waals surface area contributed by atoms with Crippen LogP contribution in [0.4, 0.5) is 11.4 Å². The molecule has 172 valence electrons. The van der Waals surface area contributed by atoms with Crippen LogP contribution < -0.4 is 9.21 Å². The minimum Gasteiger partial charge on any atom is -0.368 e. The minimum absolute atomic E-state index is 0.0811. The van der Waals surface area contributed by atoms with Crippen LogP contribution >= 0.6 is 11.6 Å². The van der Waals surface area contributed by atoms with Crippen LogP contribution in [-0.4, -0.2) is 52.5 Å². The number of benzene rings is 3. The van der Waals surface area contributed by atoms with Crippen LogP contribution in [0.25, 0.3) is 0 Å². The number of piperazine rings is 1. The molecule has 8 heteroatoms. The average Bonchev–Trinajstić information content (AvgIpc) is 2.85. The number of para-hydroxylation sites is 1. The molecule has 1 aliphatic heterocycles. The summed E-state index contributed by atoms with van der Waals surface area (Å²) in [7, 11) is -2.18. The van der Waals surface area contributed by atoms with E-state index in [0.717, 1.165) is 18.7 Å². The largest absolute Gasteiger partial charge is 0.368 e. The lowest BCUT2D eigenvalue weighted by molar-refractivity contribution is -0.130. The summed E-state index contributed by atoms with van der Waals surface area (Å²) in [5.41, 5.74) is 2.56. The molecule has 0 atom stereocenters. The quantitative estimate of drug-likeness (QED) is 0.530. The van der Waals surface area contributed by atoms with Crippen LogP contribution in [0.1, 0.15) is 5.56 Å². The summed E-state index contributed by atoms with van der Waals surface area (Å²) in [5.74, 6) is 0.0811. The molecule has 0 N–H and O–H groups in total. The van der Waals surface area contributed by atoms with Crippen LogP contribution in [0.3, 0.4) is 0 Å². The molecular weight excluding hydrogens is 458 g/mol. The number of rotatable bonds is 6. The van der Waals surface area contributed by atoms with Gasteiger partial charge in [0, 0.05) is 43.9 Å². The number of hydrogen-bond acceptors (Lipinski definition) is 4. The molecule has 4 rings (SSSR count). The Balaban J connectivity index is 1.35. The molecular formula is C25H26ClN3O3S. The Bertz CT molecular complexity index is 1190. The highest BCUT2D eigenvalue weighted by Crippen LogP contribution is 2.24. The number of carbonyl (C=O) groups is 1. The molecule has 33 heavy (non-hydrogen) atoms. The Morgan fingerprint density at radius 2 is 1.48 bits per heavy atom. The van der Waals surface area contributed by atoms with Gasteiger partial charge in [-0.3, -0.25) is 9.10 Å². The Hall–Kier alpha value is -3.03. The summed E-state index contributed by atoms with van der Waals surface area (Å²) < 4.78 is 26.9. The first kappa shape index (κ1) is 23.1. The third-order valence-corrected chi connectivity index (χ3v) is 7.93. The summed E-state index contributed by atoms with van der Waals surface area (Å²) >= 11 is 5.87. The second kappa shape index (κ2) is 9.85. The molecule has 0 radical (unpaired) electrons. The van der Waals surface area contributed by atoms with Crippen molar-refractivity contribution in [2.24, 2.45) is 0 Å². The van der Waals surface area contributed by atoms with Crippen molar-refractivity contribution >= 4 is 38.9 Å². The van der Waals surface area contributed by atoms with Gasteiger partial charge in [-0.25, -0.2) is 8.42 Å². The van der Waals surface area contributed by atoms with E-state index in [1.807, 2.05) is 23.1 Å². The summed E-state index contributed by atoms with van der Waals surface area (Å²) in [4.78, 5) is 17.1. The Morgan fingerprint density at radius 1 is 0.879 bits per heavy atom. The van der Waals surface area contributed by atoms with Crippen LogP contribution in [-0.2, 0) is 21.2 Å². The third-order valence-electron chi connectivity index (χ3n) is 5.88. The van der Waals surface area contributed by atoms with Gasteiger partial charge in [-0.1, -0.05) is 41.9 Å². The van der Waals surface area contributed by atoms with Gasteiger partial charge in [0.2, 0.25) is 5.91 Å². The molecule has 0 bridgehead atoms. The maximum atomic E-state index is 12.9. The van der Waals surface area contributed by atoms with E-state index in [1.165, 1.54) is 29.2 Å². The molecule has 1 aliphatic rings. The van der Waals surface area contributed by atoms with Gasteiger partial charge in [-0.05, 0) is 54.1 Å². The van der Waals surface area contributed by atoms with E-state index >= 15 is 0 Å². The lowest BCUT2D eigenvalue weighted by Gasteiger charge is -2.36. The number of hydrogen-bond donors (Lipinski definition) is 0. The standard InChI is InChI=1S/C25H26ClN3O3S/c1-27(33(31,32)24-13-9-21(26)10-14-24)22-11-7-20(8-12-22)19-25(30)29-17-15-28(16-18-29)23-5-3-2-4-6-23/h2-14H,15-19H2,1H3. The van der Waals surface area contributed by atoms with Gasteiger partial charge in [0.25, 0.3) is 10.0 Å². The molecule has 0 unspecified atom stereocenters. The summed E-state index contributed by atoms with van der Waals surface area (Å²) in [5, 5.41) is 0.479. The SMILES string of the molecule is CN(c1ccc(CC(=O)N2CCN(c3ccccc3)CC2)cc1)S(=O)(=O)c1ccc(Cl)cc1. The maximum Gasteiger partial charge on any atom is 0.264 e. The average molecular weight is 484 g/mol. The molecule has 3 aromatic carbocycles. The van der Waals surface area contributed by atoms with E-state index in [2.05, 4.69) is 17.0 Å². The molecule has 1 saturated heterocycles. The van der Waals surface area contributed by atoms with E-state index in [4.69, 9.17) is 11.6 Å². The van der Waals surface area contributed by atoms with Crippen LogP contribution in [0.15, 0.2) is 83.8 Å². The maximum absolute atomic E-state index is 12.9. The lowest BCUT2D eigenvalue weighted by Crippen LogP contribution is -2.49. The van der Waals surface area contributed by atoms with Crippen molar-refractivity contribution in [1.82, 2.24) is 4.90 Å². The van der Waals surface area contributed by atoms with Crippen molar-refractivity contribution in [2.45, 2.75) is 11.3 Å². The first-order valence-corrected chi connectivity index (χ1v) is 12.6. The van der Waals surface area contributed by atoms with Crippen LogP contribution in [0.5, 0.6) is 0 Å². The van der Waals surface area contributed by atoms with Gasteiger partial charge in [0.05, 0.1) is 17.0 Å². The van der Waals surface area contributed by atoms with Crippen molar-refractivity contribution < 1.29 is 13.2 Å². The topological polar surface area (TPSA) is 60.9 Å². The normalized spacial score (nSPS) is 14.2. The first-order chi connectivity index (χ1) is 15.8. The second-order valence-corrected chi connectivity index (χ2v) is 10.4. The fourth-order valence-electron chi connectivity index (χ4n) is 3.87. The van der Waals surface area contributed by atoms with Gasteiger partial charge in [-0.2, -0.15) is 0 Å². The number of halogens is 1. The van der Waals surface area contributed by atoms with E-state index in [9.17, 15) is 13.2 Å². The minimum atomic E-state index is -3.70.